The fourth-order valence-electron chi connectivity index (χ4n) is 2.19. The largest absolute Gasteiger partial charge is 0.444 e. The highest BCUT2D eigenvalue weighted by Gasteiger charge is 2.21. The van der Waals surface area contributed by atoms with E-state index in [0.29, 0.717) is 0 Å². The standard InChI is InChI=1S/C19H23NO2/c1-14-10-12-16(13-11-14)17(15-8-6-5-7-9-15)20-18(21)22-19(2,3)4/h5-13,17H,1-4H3,(H,20,21). The molecule has 0 aliphatic rings. The van der Waals surface area contributed by atoms with Crippen LogP contribution in [0.2, 0.25) is 0 Å². The highest BCUT2D eigenvalue weighted by molar-refractivity contribution is 5.69. The van der Waals surface area contributed by atoms with Crippen LogP contribution in [0.25, 0.3) is 0 Å². The van der Waals surface area contributed by atoms with E-state index < -0.39 is 11.7 Å². The SMILES string of the molecule is Cc1ccc(C(NC(=O)OC(C)(C)C)c2ccccc2)cc1. The van der Waals surface area contributed by atoms with E-state index in [1.165, 1.54) is 5.56 Å². The van der Waals surface area contributed by atoms with Crippen molar-refractivity contribution in [3.63, 3.8) is 0 Å². The first kappa shape index (κ1) is 16.1. The Morgan fingerprint density at radius 1 is 0.955 bits per heavy atom. The van der Waals surface area contributed by atoms with E-state index in [4.69, 9.17) is 4.74 Å². The van der Waals surface area contributed by atoms with Crippen LogP contribution < -0.4 is 5.32 Å². The molecule has 0 heterocycles. The third-order valence-corrected chi connectivity index (χ3v) is 3.20. The summed E-state index contributed by atoms with van der Waals surface area (Å²) < 4.78 is 5.38. The lowest BCUT2D eigenvalue weighted by atomic mass is 9.98. The third kappa shape index (κ3) is 4.62. The van der Waals surface area contributed by atoms with Gasteiger partial charge in [0.1, 0.15) is 5.60 Å². The Morgan fingerprint density at radius 3 is 2.05 bits per heavy atom. The average molecular weight is 297 g/mol. The van der Waals surface area contributed by atoms with Crippen LogP contribution >= 0.6 is 0 Å². The van der Waals surface area contributed by atoms with E-state index in [1.807, 2.05) is 82.3 Å². The Hall–Kier alpha value is -2.29. The summed E-state index contributed by atoms with van der Waals surface area (Å²) in [6.07, 6.45) is -0.415. The number of aryl methyl sites for hydroxylation is 1. The second-order valence-corrected chi connectivity index (χ2v) is 6.40. The Balaban J connectivity index is 2.26. The number of benzene rings is 2. The van der Waals surface area contributed by atoms with E-state index in [0.717, 1.165) is 11.1 Å². The molecule has 1 atom stereocenters. The monoisotopic (exact) mass is 297 g/mol. The molecule has 0 aliphatic carbocycles. The zero-order valence-corrected chi connectivity index (χ0v) is 13.6. The molecule has 1 unspecified atom stereocenters. The van der Waals surface area contributed by atoms with Gasteiger partial charge in [-0.1, -0.05) is 60.2 Å². The van der Waals surface area contributed by atoms with Gasteiger partial charge in [-0.15, -0.1) is 0 Å². The van der Waals surface area contributed by atoms with E-state index in [9.17, 15) is 4.79 Å². The van der Waals surface area contributed by atoms with Crippen molar-refractivity contribution in [3.8, 4) is 0 Å². The Labute approximate surface area is 132 Å². The second kappa shape index (κ2) is 6.65. The minimum atomic E-state index is -0.515. The van der Waals surface area contributed by atoms with Gasteiger partial charge >= 0.3 is 6.09 Å². The Morgan fingerprint density at radius 2 is 1.50 bits per heavy atom. The first-order valence-corrected chi connectivity index (χ1v) is 7.46. The molecule has 1 N–H and O–H groups in total. The van der Waals surface area contributed by atoms with Crippen molar-refractivity contribution < 1.29 is 9.53 Å². The summed E-state index contributed by atoms with van der Waals surface area (Å²) in [4.78, 5) is 12.1. The van der Waals surface area contributed by atoms with E-state index in [-0.39, 0.29) is 6.04 Å². The summed E-state index contributed by atoms with van der Waals surface area (Å²) in [6.45, 7) is 7.62. The summed E-state index contributed by atoms with van der Waals surface area (Å²) in [6, 6.07) is 17.8. The first-order chi connectivity index (χ1) is 10.3. The van der Waals surface area contributed by atoms with Gasteiger partial charge in [0.25, 0.3) is 0 Å². The van der Waals surface area contributed by atoms with E-state index >= 15 is 0 Å². The number of ether oxygens (including phenoxy) is 1. The first-order valence-electron chi connectivity index (χ1n) is 7.46. The van der Waals surface area contributed by atoms with Crippen LogP contribution in [0.15, 0.2) is 54.6 Å². The highest BCUT2D eigenvalue weighted by atomic mass is 16.6. The molecule has 2 aromatic rings. The van der Waals surface area contributed by atoms with Gasteiger partial charge in [0.15, 0.2) is 0 Å². The lowest BCUT2D eigenvalue weighted by Crippen LogP contribution is -2.35. The van der Waals surface area contributed by atoms with Gasteiger partial charge in [-0.2, -0.15) is 0 Å². The van der Waals surface area contributed by atoms with Crippen molar-refractivity contribution in [3.05, 3.63) is 71.3 Å². The number of hydrogen-bond acceptors (Lipinski definition) is 2. The minimum absolute atomic E-state index is 0.225. The molecule has 1 amide bonds. The molecule has 0 aromatic heterocycles. The predicted molar refractivity (Wildman–Crippen MR) is 88.8 cm³/mol. The normalized spacial score (nSPS) is 12.5. The molecule has 2 aromatic carbocycles. The van der Waals surface area contributed by atoms with E-state index in [2.05, 4.69) is 5.32 Å². The minimum Gasteiger partial charge on any atom is -0.444 e. The maximum atomic E-state index is 12.1. The summed E-state index contributed by atoms with van der Waals surface area (Å²) in [5.74, 6) is 0. The van der Waals surface area contributed by atoms with Crippen molar-refractivity contribution in [1.29, 1.82) is 0 Å². The molecule has 116 valence electrons. The molecule has 3 heteroatoms. The lowest BCUT2D eigenvalue weighted by Gasteiger charge is -2.24. The Bertz CT molecular complexity index is 612. The number of alkyl carbamates (subject to hydrolysis) is 1. The second-order valence-electron chi connectivity index (χ2n) is 6.40. The molecular formula is C19H23NO2. The van der Waals surface area contributed by atoms with Crippen LogP contribution in [0.4, 0.5) is 4.79 Å². The van der Waals surface area contributed by atoms with Gasteiger partial charge in [-0.25, -0.2) is 4.79 Å². The third-order valence-electron chi connectivity index (χ3n) is 3.20. The number of carbonyl (C=O) groups is 1. The highest BCUT2D eigenvalue weighted by Crippen LogP contribution is 2.23. The van der Waals surface area contributed by atoms with Gasteiger partial charge in [-0.3, -0.25) is 0 Å². The van der Waals surface area contributed by atoms with Gasteiger partial charge in [0.05, 0.1) is 6.04 Å². The molecule has 0 bridgehead atoms. The van der Waals surface area contributed by atoms with Crippen molar-refractivity contribution in [2.24, 2.45) is 0 Å². The fourth-order valence-corrected chi connectivity index (χ4v) is 2.19. The van der Waals surface area contributed by atoms with Gasteiger partial charge in [0, 0.05) is 0 Å². The van der Waals surface area contributed by atoms with Crippen LogP contribution in [0.1, 0.15) is 43.5 Å². The predicted octanol–water partition coefficient (Wildman–Crippen LogP) is 4.61. The number of rotatable bonds is 3. The molecule has 0 aliphatic heterocycles. The Kier molecular flexibility index (Phi) is 4.86. The summed E-state index contributed by atoms with van der Waals surface area (Å²) in [5, 5.41) is 2.96. The van der Waals surface area contributed by atoms with Crippen LogP contribution in [0, 0.1) is 6.92 Å². The van der Waals surface area contributed by atoms with Crippen molar-refractivity contribution in [2.45, 2.75) is 39.3 Å². The maximum Gasteiger partial charge on any atom is 0.408 e. The topological polar surface area (TPSA) is 38.3 Å². The summed E-state index contributed by atoms with van der Waals surface area (Å²) >= 11 is 0. The van der Waals surface area contributed by atoms with Gasteiger partial charge < -0.3 is 10.1 Å². The fraction of sp³-hybridized carbons (Fsp3) is 0.316. The summed E-state index contributed by atoms with van der Waals surface area (Å²) in [7, 11) is 0. The van der Waals surface area contributed by atoms with Gasteiger partial charge in [0.2, 0.25) is 0 Å². The molecule has 2 rings (SSSR count). The van der Waals surface area contributed by atoms with E-state index in [1.54, 1.807) is 0 Å². The smallest absolute Gasteiger partial charge is 0.408 e. The number of nitrogens with one attached hydrogen (secondary N) is 1. The molecule has 0 fully saturated rings. The number of amides is 1. The molecule has 0 saturated carbocycles. The van der Waals surface area contributed by atoms with Crippen LogP contribution in [-0.4, -0.2) is 11.7 Å². The molecular weight excluding hydrogens is 274 g/mol. The maximum absolute atomic E-state index is 12.1. The van der Waals surface area contributed by atoms with Crippen LogP contribution in [0.5, 0.6) is 0 Å². The zero-order chi connectivity index (χ0) is 16.2. The molecule has 0 saturated heterocycles. The van der Waals surface area contributed by atoms with Crippen molar-refractivity contribution in [1.82, 2.24) is 5.32 Å². The zero-order valence-electron chi connectivity index (χ0n) is 13.6. The molecule has 22 heavy (non-hydrogen) atoms. The molecule has 3 nitrogen and oxygen atoms in total. The molecule has 0 radical (unpaired) electrons. The number of hydrogen-bond donors (Lipinski definition) is 1. The lowest BCUT2D eigenvalue weighted by molar-refractivity contribution is 0.0512. The van der Waals surface area contributed by atoms with Crippen LogP contribution in [-0.2, 0) is 4.74 Å². The van der Waals surface area contributed by atoms with Crippen molar-refractivity contribution >= 4 is 6.09 Å². The molecule has 0 spiro atoms. The van der Waals surface area contributed by atoms with Gasteiger partial charge in [-0.05, 0) is 38.8 Å². The summed E-state index contributed by atoms with van der Waals surface area (Å²) in [5.41, 5.74) is 2.73. The quantitative estimate of drug-likeness (QED) is 0.898. The van der Waals surface area contributed by atoms with Crippen LogP contribution in [0.3, 0.4) is 0 Å². The average Bonchev–Trinajstić information content (AvgIpc) is 2.45. The number of carbonyl (C=O) groups excluding carboxylic acids is 1. The van der Waals surface area contributed by atoms with Crippen molar-refractivity contribution in [2.75, 3.05) is 0 Å².